The highest BCUT2D eigenvalue weighted by atomic mass is 35.5. The molecule has 2 aromatic rings. The number of aromatic nitrogens is 1. The fraction of sp³-hybridized carbons (Fsp3) is 0.353. The normalized spacial score (nSPS) is 15.6. The Hall–Kier alpha value is -2.06. The molecule has 2 N–H and O–H groups in total. The minimum Gasteiger partial charge on any atom is -0.351 e. The average Bonchev–Trinajstić information content (AvgIpc) is 3.30. The van der Waals surface area contributed by atoms with Crippen molar-refractivity contribution in [1.29, 1.82) is 0 Å². The fourth-order valence-corrected chi connectivity index (χ4v) is 4.07. The zero-order valence-electron chi connectivity index (χ0n) is 14.6. The van der Waals surface area contributed by atoms with Crippen molar-refractivity contribution in [2.24, 2.45) is 7.05 Å². The highest BCUT2D eigenvalue weighted by Gasteiger charge is 2.53. The second-order valence-corrected chi connectivity index (χ2v) is 9.50. The number of hydrogen-bond acceptors (Lipinski definition) is 4. The van der Waals surface area contributed by atoms with Crippen LogP contribution in [0.5, 0.6) is 0 Å². The molecule has 1 aliphatic rings. The van der Waals surface area contributed by atoms with Crippen LogP contribution in [0.2, 0.25) is 0 Å². The van der Waals surface area contributed by atoms with Gasteiger partial charge in [-0.05, 0) is 44.4 Å². The molecule has 0 aliphatic heterocycles. The van der Waals surface area contributed by atoms with Crippen molar-refractivity contribution in [3.8, 4) is 0 Å². The Kier molecular flexibility index (Phi) is 4.52. The summed E-state index contributed by atoms with van der Waals surface area (Å²) in [5.41, 5.74) is 1.14. The van der Waals surface area contributed by atoms with E-state index in [0.717, 1.165) is 5.56 Å². The van der Waals surface area contributed by atoms with E-state index in [1.165, 1.54) is 29.9 Å². The lowest BCUT2D eigenvalue weighted by Gasteiger charge is -2.19. The number of nitrogens with one attached hydrogen (secondary N) is 2. The SMILES string of the molecule is Cc1ccc(Nc2c(NS(=O)(=O)C3(Cl)CC3)cn(C)c(=O)c2C)c(F)c1. The molecule has 1 fully saturated rings. The van der Waals surface area contributed by atoms with Crippen molar-refractivity contribution in [2.45, 2.75) is 30.9 Å². The van der Waals surface area contributed by atoms with Gasteiger partial charge >= 0.3 is 0 Å². The van der Waals surface area contributed by atoms with Gasteiger partial charge in [0, 0.05) is 18.8 Å². The summed E-state index contributed by atoms with van der Waals surface area (Å²) < 4.78 is 41.5. The van der Waals surface area contributed by atoms with Crippen LogP contribution >= 0.6 is 11.6 Å². The van der Waals surface area contributed by atoms with E-state index in [0.29, 0.717) is 12.8 Å². The molecule has 140 valence electrons. The molecule has 0 bridgehead atoms. The van der Waals surface area contributed by atoms with Crippen LogP contribution in [0.4, 0.5) is 21.5 Å². The quantitative estimate of drug-likeness (QED) is 0.755. The Balaban J connectivity index is 2.08. The van der Waals surface area contributed by atoms with Crippen molar-refractivity contribution in [3.05, 3.63) is 51.7 Å². The molecule has 3 rings (SSSR count). The van der Waals surface area contributed by atoms with Crippen LogP contribution in [0.15, 0.2) is 29.2 Å². The number of nitrogens with zero attached hydrogens (tertiary/aromatic N) is 1. The molecule has 0 amide bonds. The van der Waals surface area contributed by atoms with E-state index >= 15 is 0 Å². The van der Waals surface area contributed by atoms with Crippen LogP contribution in [0.1, 0.15) is 24.0 Å². The van der Waals surface area contributed by atoms with E-state index in [-0.39, 0.29) is 28.2 Å². The van der Waals surface area contributed by atoms with Crippen molar-refractivity contribution >= 4 is 38.7 Å². The van der Waals surface area contributed by atoms with Crippen LogP contribution in [0.25, 0.3) is 0 Å². The Morgan fingerprint density at radius 3 is 2.46 bits per heavy atom. The zero-order valence-corrected chi connectivity index (χ0v) is 16.1. The first-order valence-corrected chi connectivity index (χ1v) is 9.85. The van der Waals surface area contributed by atoms with Crippen molar-refractivity contribution < 1.29 is 12.8 Å². The Bertz CT molecular complexity index is 1050. The number of anilines is 3. The summed E-state index contributed by atoms with van der Waals surface area (Å²) in [7, 11) is -2.34. The van der Waals surface area contributed by atoms with E-state index in [1.807, 2.05) is 0 Å². The van der Waals surface area contributed by atoms with Gasteiger partial charge in [-0.15, -0.1) is 0 Å². The maximum absolute atomic E-state index is 14.2. The monoisotopic (exact) mass is 399 g/mol. The molecular formula is C17H19ClFN3O3S. The number of alkyl halides is 1. The molecule has 1 aromatic heterocycles. The smallest absolute Gasteiger partial charge is 0.255 e. The van der Waals surface area contributed by atoms with E-state index in [9.17, 15) is 17.6 Å². The molecule has 26 heavy (non-hydrogen) atoms. The van der Waals surface area contributed by atoms with Gasteiger partial charge in [-0.3, -0.25) is 9.52 Å². The topological polar surface area (TPSA) is 80.2 Å². The Labute approximate surface area is 156 Å². The van der Waals surface area contributed by atoms with E-state index in [1.54, 1.807) is 19.9 Å². The molecule has 0 unspecified atom stereocenters. The third-order valence-corrected chi connectivity index (χ3v) is 7.21. The van der Waals surface area contributed by atoms with Gasteiger partial charge < -0.3 is 9.88 Å². The summed E-state index contributed by atoms with van der Waals surface area (Å²) in [5, 5.41) is 2.84. The van der Waals surface area contributed by atoms with Crippen LogP contribution in [0.3, 0.4) is 0 Å². The zero-order chi connectivity index (χ0) is 19.3. The summed E-state index contributed by atoms with van der Waals surface area (Å²) in [4.78, 5) is 12.3. The predicted octanol–water partition coefficient (Wildman–Crippen LogP) is 3.36. The average molecular weight is 400 g/mol. The molecule has 1 heterocycles. The molecule has 1 aromatic carbocycles. The van der Waals surface area contributed by atoms with Gasteiger partial charge in [0.05, 0.1) is 17.1 Å². The van der Waals surface area contributed by atoms with Gasteiger partial charge in [-0.1, -0.05) is 17.7 Å². The number of aryl methyl sites for hydroxylation is 2. The molecule has 1 aliphatic carbocycles. The summed E-state index contributed by atoms with van der Waals surface area (Å²) >= 11 is 6.05. The molecular weight excluding hydrogens is 381 g/mol. The maximum Gasteiger partial charge on any atom is 0.255 e. The Morgan fingerprint density at radius 2 is 1.88 bits per heavy atom. The number of hydrogen-bond donors (Lipinski definition) is 2. The minimum absolute atomic E-state index is 0.136. The lowest BCUT2D eigenvalue weighted by molar-refractivity contribution is 0.596. The number of rotatable bonds is 5. The summed E-state index contributed by atoms with van der Waals surface area (Å²) in [5.74, 6) is -0.505. The molecule has 9 heteroatoms. The largest absolute Gasteiger partial charge is 0.351 e. The van der Waals surface area contributed by atoms with E-state index in [4.69, 9.17) is 11.6 Å². The summed E-state index contributed by atoms with van der Waals surface area (Å²) in [6.45, 7) is 3.30. The van der Waals surface area contributed by atoms with Gasteiger partial charge in [0.15, 0.2) is 4.21 Å². The summed E-state index contributed by atoms with van der Waals surface area (Å²) in [6.07, 6.45) is 2.05. The first-order valence-electron chi connectivity index (χ1n) is 7.99. The van der Waals surface area contributed by atoms with E-state index in [2.05, 4.69) is 10.0 Å². The number of halogens is 2. The van der Waals surface area contributed by atoms with Gasteiger partial charge in [0.2, 0.25) is 0 Å². The standard InChI is InChI=1S/C17H19ClFN3O3S/c1-10-4-5-13(12(19)8-10)20-15-11(2)16(23)22(3)9-14(15)21-26(24,25)17(18)6-7-17/h4-5,8-9,20-21H,6-7H2,1-3H3. The van der Waals surface area contributed by atoms with Crippen LogP contribution in [-0.4, -0.2) is 17.2 Å². The Morgan fingerprint density at radius 1 is 1.23 bits per heavy atom. The maximum atomic E-state index is 14.2. The van der Waals surface area contributed by atoms with E-state index < -0.39 is 20.0 Å². The predicted molar refractivity (Wildman–Crippen MR) is 101 cm³/mol. The number of pyridine rings is 1. The van der Waals surface area contributed by atoms with Crippen molar-refractivity contribution in [3.63, 3.8) is 0 Å². The lowest BCUT2D eigenvalue weighted by Crippen LogP contribution is -2.28. The third-order valence-electron chi connectivity index (χ3n) is 4.36. The molecule has 0 atom stereocenters. The molecule has 0 radical (unpaired) electrons. The number of benzene rings is 1. The van der Waals surface area contributed by atoms with Crippen molar-refractivity contribution in [2.75, 3.05) is 10.0 Å². The van der Waals surface area contributed by atoms with Crippen LogP contribution in [-0.2, 0) is 17.1 Å². The second kappa shape index (κ2) is 6.28. The van der Waals surface area contributed by atoms with Crippen molar-refractivity contribution in [1.82, 2.24) is 4.57 Å². The van der Waals surface area contributed by atoms with Crippen LogP contribution < -0.4 is 15.6 Å². The molecule has 1 saturated carbocycles. The minimum atomic E-state index is -3.85. The van der Waals surface area contributed by atoms with Crippen LogP contribution in [0, 0.1) is 19.7 Å². The molecule has 0 spiro atoms. The summed E-state index contributed by atoms with van der Waals surface area (Å²) in [6, 6.07) is 4.59. The van der Waals surface area contributed by atoms with Gasteiger partial charge in [0.25, 0.3) is 15.6 Å². The highest BCUT2D eigenvalue weighted by Crippen LogP contribution is 2.48. The number of sulfonamides is 1. The third kappa shape index (κ3) is 3.31. The second-order valence-electron chi connectivity index (χ2n) is 6.56. The fourth-order valence-electron chi connectivity index (χ4n) is 2.59. The molecule has 0 saturated heterocycles. The molecule has 6 nitrogen and oxygen atoms in total. The van der Waals surface area contributed by atoms with Gasteiger partial charge in [-0.25, -0.2) is 12.8 Å². The first-order chi connectivity index (χ1) is 12.0. The van der Waals surface area contributed by atoms with Gasteiger partial charge in [-0.2, -0.15) is 0 Å². The first kappa shape index (κ1) is 18.7. The lowest BCUT2D eigenvalue weighted by atomic mass is 10.2. The highest BCUT2D eigenvalue weighted by molar-refractivity contribution is 7.95. The van der Waals surface area contributed by atoms with Gasteiger partial charge in [0.1, 0.15) is 5.82 Å².